The van der Waals surface area contributed by atoms with E-state index in [-0.39, 0.29) is 29.3 Å². The first-order valence-electron chi connectivity index (χ1n) is 7.51. The number of carbonyl (C=O) groups excluding carboxylic acids is 2. The Labute approximate surface area is 154 Å². The Morgan fingerprint density at radius 2 is 1.96 bits per heavy atom. The van der Waals surface area contributed by atoms with Gasteiger partial charge in [-0.1, -0.05) is 28.1 Å². The summed E-state index contributed by atoms with van der Waals surface area (Å²) in [6.07, 6.45) is -0.0455. The number of anilines is 2. The fourth-order valence-corrected chi connectivity index (χ4v) is 4.35. The molecule has 1 aliphatic heterocycles. The average molecular weight is 423 g/mol. The molecule has 1 fully saturated rings. The Morgan fingerprint density at radius 1 is 1.20 bits per heavy atom. The number of carbonyl (C=O) groups is 2. The number of hydrogen-bond donors (Lipinski definition) is 1. The highest BCUT2D eigenvalue weighted by Gasteiger charge is 2.36. The lowest BCUT2D eigenvalue weighted by molar-refractivity contribution is -0.116. The quantitative estimate of drug-likeness (QED) is 0.823. The van der Waals surface area contributed by atoms with Crippen LogP contribution in [0.25, 0.3) is 0 Å². The van der Waals surface area contributed by atoms with Crippen LogP contribution in [-0.4, -0.2) is 26.0 Å². The predicted molar refractivity (Wildman–Crippen MR) is 99.2 cm³/mol. The number of nitrogens with zero attached hydrogens (tertiary/aromatic N) is 1. The summed E-state index contributed by atoms with van der Waals surface area (Å²) in [7, 11) is -3.66. The first-order chi connectivity index (χ1) is 11.8. The summed E-state index contributed by atoms with van der Waals surface area (Å²) < 4.78 is 25.7. The normalized spacial score (nSPS) is 16.1. The lowest BCUT2D eigenvalue weighted by Crippen LogP contribution is -2.29. The molecule has 0 radical (unpaired) electrons. The lowest BCUT2D eigenvalue weighted by atomic mass is 10.1. The van der Waals surface area contributed by atoms with E-state index in [4.69, 9.17) is 0 Å². The number of halogens is 1. The SMILES string of the molecule is Cc1ccc(NC(=O)c2cccc(N3C(=O)CCS3(=O)=O)c2)cc1Br. The zero-order valence-electron chi connectivity index (χ0n) is 13.3. The van der Waals surface area contributed by atoms with Crippen molar-refractivity contribution in [3.63, 3.8) is 0 Å². The van der Waals surface area contributed by atoms with Crippen LogP contribution in [0.2, 0.25) is 0 Å². The molecule has 2 amide bonds. The Kier molecular flexibility index (Phi) is 4.66. The highest BCUT2D eigenvalue weighted by atomic mass is 79.9. The summed E-state index contributed by atoms with van der Waals surface area (Å²) >= 11 is 3.41. The third-order valence-electron chi connectivity index (χ3n) is 3.85. The van der Waals surface area contributed by atoms with Crippen molar-refractivity contribution in [3.8, 4) is 0 Å². The number of rotatable bonds is 3. The number of amides is 2. The molecule has 0 unspecified atom stereocenters. The Bertz CT molecular complexity index is 972. The lowest BCUT2D eigenvalue weighted by Gasteiger charge is -2.16. The first-order valence-corrected chi connectivity index (χ1v) is 9.91. The third kappa shape index (κ3) is 3.59. The van der Waals surface area contributed by atoms with Crippen molar-refractivity contribution in [2.75, 3.05) is 15.4 Å². The van der Waals surface area contributed by atoms with Crippen LogP contribution in [0.5, 0.6) is 0 Å². The van der Waals surface area contributed by atoms with Crippen LogP contribution in [0.4, 0.5) is 11.4 Å². The molecule has 130 valence electrons. The number of aryl methyl sites for hydroxylation is 1. The molecule has 0 aromatic heterocycles. The molecule has 0 atom stereocenters. The van der Waals surface area contributed by atoms with Gasteiger partial charge in [0.05, 0.1) is 11.4 Å². The molecule has 1 heterocycles. The number of hydrogen-bond acceptors (Lipinski definition) is 4. The Morgan fingerprint density at radius 3 is 2.60 bits per heavy atom. The Hall–Kier alpha value is -2.19. The zero-order valence-corrected chi connectivity index (χ0v) is 15.7. The molecule has 0 aliphatic carbocycles. The van der Waals surface area contributed by atoms with Gasteiger partial charge in [-0.15, -0.1) is 0 Å². The molecule has 6 nitrogen and oxygen atoms in total. The second-order valence-electron chi connectivity index (χ2n) is 5.69. The van der Waals surface area contributed by atoms with E-state index >= 15 is 0 Å². The van der Waals surface area contributed by atoms with Crippen molar-refractivity contribution in [3.05, 3.63) is 58.1 Å². The van der Waals surface area contributed by atoms with Crippen LogP contribution in [0.1, 0.15) is 22.3 Å². The molecule has 1 saturated heterocycles. The molecular weight excluding hydrogens is 408 g/mol. The van der Waals surface area contributed by atoms with E-state index < -0.39 is 15.9 Å². The molecule has 1 aliphatic rings. The van der Waals surface area contributed by atoms with Gasteiger partial charge in [0.15, 0.2) is 0 Å². The topological polar surface area (TPSA) is 83.6 Å². The van der Waals surface area contributed by atoms with E-state index in [1.165, 1.54) is 12.1 Å². The summed E-state index contributed by atoms with van der Waals surface area (Å²) in [6, 6.07) is 11.4. The first kappa shape index (κ1) is 17.6. The third-order valence-corrected chi connectivity index (χ3v) is 6.40. The van der Waals surface area contributed by atoms with Gasteiger partial charge in [-0.05, 0) is 42.8 Å². The Balaban J connectivity index is 1.87. The minimum atomic E-state index is -3.66. The van der Waals surface area contributed by atoms with Crippen molar-refractivity contribution in [2.24, 2.45) is 0 Å². The summed E-state index contributed by atoms with van der Waals surface area (Å²) in [5.74, 6) is -1.08. The van der Waals surface area contributed by atoms with E-state index in [0.717, 1.165) is 14.3 Å². The minimum absolute atomic E-state index is 0.0455. The standard InChI is InChI=1S/C17H15BrN2O4S/c1-11-5-6-13(10-15(11)18)19-17(22)12-3-2-4-14(9-12)20-16(21)7-8-25(20,23)24/h2-6,9-10H,7-8H2,1H3,(H,19,22). The van der Waals surface area contributed by atoms with Gasteiger partial charge < -0.3 is 5.32 Å². The summed E-state index contributed by atoms with van der Waals surface area (Å²) in [4.78, 5) is 24.3. The van der Waals surface area contributed by atoms with Gasteiger partial charge in [0.25, 0.3) is 5.91 Å². The van der Waals surface area contributed by atoms with Crippen molar-refractivity contribution >= 4 is 49.1 Å². The molecule has 25 heavy (non-hydrogen) atoms. The smallest absolute Gasteiger partial charge is 0.255 e. The van der Waals surface area contributed by atoms with Crippen LogP contribution in [-0.2, 0) is 14.8 Å². The highest BCUT2D eigenvalue weighted by Crippen LogP contribution is 2.26. The molecular formula is C17H15BrN2O4S. The molecule has 2 aromatic rings. The fourth-order valence-electron chi connectivity index (χ4n) is 2.52. The largest absolute Gasteiger partial charge is 0.322 e. The van der Waals surface area contributed by atoms with Crippen LogP contribution < -0.4 is 9.62 Å². The van der Waals surface area contributed by atoms with E-state index in [2.05, 4.69) is 21.2 Å². The molecule has 2 aromatic carbocycles. The predicted octanol–water partition coefficient (Wildman–Crippen LogP) is 3.08. The molecule has 1 N–H and O–H groups in total. The summed E-state index contributed by atoms with van der Waals surface area (Å²) in [6.45, 7) is 1.94. The van der Waals surface area contributed by atoms with Crippen LogP contribution in [0, 0.1) is 6.92 Å². The second kappa shape index (κ2) is 6.61. The number of benzene rings is 2. The van der Waals surface area contributed by atoms with Crippen molar-refractivity contribution in [1.82, 2.24) is 0 Å². The molecule has 3 rings (SSSR count). The maximum absolute atomic E-state index is 12.4. The van der Waals surface area contributed by atoms with Crippen LogP contribution >= 0.6 is 15.9 Å². The molecule has 8 heteroatoms. The van der Waals surface area contributed by atoms with Crippen LogP contribution in [0.3, 0.4) is 0 Å². The van der Waals surface area contributed by atoms with Gasteiger partial charge in [-0.3, -0.25) is 9.59 Å². The monoisotopic (exact) mass is 422 g/mol. The molecule has 0 spiro atoms. The van der Waals surface area contributed by atoms with E-state index in [1.54, 1.807) is 24.3 Å². The van der Waals surface area contributed by atoms with E-state index in [0.29, 0.717) is 5.69 Å². The van der Waals surface area contributed by atoms with Crippen molar-refractivity contribution in [1.29, 1.82) is 0 Å². The average Bonchev–Trinajstić information content (AvgIpc) is 2.84. The number of sulfonamides is 1. The maximum Gasteiger partial charge on any atom is 0.255 e. The molecule has 0 saturated carbocycles. The van der Waals surface area contributed by atoms with E-state index in [1.807, 2.05) is 13.0 Å². The number of nitrogens with one attached hydrogen (secondary N) is 1. The van der Waals surface area contributed by atoms with Gasteiger partial charge in [-0.25, -0.2) is 12.7 Å². The summed E-state index contributed by atoms with van der Waals surface area (Å²) in [5.41, 5.74) is 2.10. The molecule has 0 bridgehead atoms. The van der Waals surface area contributed by atoms with Gasteiger partial charge in [0.1, 0.15) is 0 Å². The van der Waals surface area contributed by atoms with Crippen molar-refractivity contribution < 1.29 is 18.0 Å². The van der Waals surface area contributed by atoms with Crippen molar-refractivity contribution in [2.45, 2.75) is 13.3 Å². The minimum Gasteiger partial charge on any atom is -0.322 e. The van der Waals surface area contributed by atoms with Gasteiger partial charge in [0.2, 0.25) is 15.9 Å². The maximum atomic E-state index is 12.4. The fraction of sp³-hybridized carbons (Fsp3) is 0.176. The van der Waals surface area contributed by atoms with Crippen LogP contribution in [0.15, 0.2) is 46.9 Å². The zero-order chi connectivity index (χ0) is 18.2. The highest BCUT2D eigenvalue weighted by molar-refractivity contribution is 9.10. The van der Waals surface area contributed by atoms with Gasteiger partial charge in [0, 0.05) is 22.1 Å². The van der Waals surface area contributed by atoms with Gasteiger partial charge >= 0.3 is 0 Å². The second-order valence-corrected chi connectivity index (χ2v) is 8.48. The van der Waals surface area contributed by atoms with Gasteiger partial charge in [-0.2, -0.15) is 0 Å². The summed E-state index contributed by atoms with van der Waals surface area (Å²) in [5, 5.41) is 2.75. The van der Waals surface area contributed by atoms with E-state index in [9.17, 15) is 18.0 Å².